The molecule has 1 rings (SSSR count). The minimum atomic E-state index is -0.553. The van der Waals surface area contributed by atoms with Crippen LogP contribution in [0.25, 0.3) is 0 Å². The van der Waals surface area contributed by atoms with Crippen molar-refractivity contribution in [1.29, 1.82) is 0 Å². The Kier molecular flexibility index (Phi) is 6.38. The molecule has 2 atom stereocenters. The molecule has 0 aliphatic carbocycles. The van der Waals surface area contributed by atoms with Gasteiger partial charge in [-0.3, -0.25) is 0 Å². The van der Waals surface area contributed by atoms with Crippen molar-refractivity contribution >= 4 is 0 Å². The van der Waals surface area contributed by atoms with Crippen LogP contribution in [-0.4, -0.2) is 19.3 Å². The van der Waals surface area contributed by atoms with Crippen molar-refractivity contribution in [2.24, 2.45) is 5.92 Å². The van der Waals surface area contributed by atoms with Gasteiger partial charge in [0, 0.05) is 30.3 Å². The molecule has 0 aliphatic rings. The second kappa shape index (κ2) is 7.56. The Morgan fingerprint density at radius 3 is 2.42 bits per heavy atom. The number of benzene rings is 1. The second-order valence-electron chi connectivity index (χ2n) is 5.06. The molecule has 0 aliphatic heterocycles. The van der Waals surface area contributed by atoms with Crippen LogP contribution in [0.15, 0.2) is 18.2 Å². The minimum Gasteiger partial charge on any atom is -0.380 e. The number of hydrogen-bond acceptors (Lipinski definition) is 2. The summed E-state index contributed by atoms with van der Waals surface area (Å²) in [4.78, 5) is 0. The lowest BCUT2D eigenvalue weighted by molar-refractivity contribution is 0.104. The van der Waals surface area contributed by atoms with E-state index in [0.717, 1.165) is 6.07 Å². The molecule has 2 unspecified atom stereocenters. The van der Waals surface area contributed by atoms with Crippen LogP contribution < -0.4 is 5.32 Å². The van der Waals surface area contributed by atoms with E-state index in [0.29, 0.717) is 24.7 Å². The van der Waals surface area contributed by atoms with E-state index in [1.807, 2.05) is 13.8 Å². The number of halogens is 2. The molecule has 0 spiro atoms. The zero-order valence-corrected chi connectivity index (χ0v) is 12.0. The quantitative estimate of drug-likeness (QED) is 0.817. The lowest BCUT2D eigenvalue weighted by Crippen LogP contribution is -2.39. The predicted octanol–water partition coefficient (Wildman–Crippen LogP) is 3.68. The van der Waals surface area contributed by atoms with Crippen LogP contribution in [0.3, 0.4) is 0 Å². The molecular weight excluding hydrogens is 248 g/mol. The number of ether oxygens (including phenoxy) is 1. The summed E-state index contributed by atoms with van der Waals surface area (Å²) in [5.41, 5.74) is 0.476. The minimum absolute atomic E-state index is 0.138. The summed E-state index contributed by atoms with van der Waals surface area (Å²) in [6, 6.07) is 3.64. The predicted molar refractivity (Wildman–Crippen MR) is 73.0 cm³/mol. The third-order valence-electron chi connectivity index (χ3n) is 3.20. The molecule has 0 heterocycles. The molecule has 0 fully saturated rings. The van der Waals surface area contributed by atoms with Gasteiger partial charge in [0.25, 0.3) is 0 Å². The largest absolute Gasteiger partial charge is 0.380 e. The van der Waals surface area contributed by atoms with Crippen LogP contribution in [0, 0.1) is 17.6 Å². The smallest absolute Gasteiger partial charge is 0.130 e. The van der Waals surface area contributed by atoms with Crippen molar-refractivity contribution in [3.63, 3.8) is 0 Å². The summed E-state index contributed by atoms with van der Waals surface area (Å²) in [5, 5.41) is 3.34. The van der Waals surface area contributed by atoms with Crippen LogP contribution in [0.4, 0.5) is 8.78 Å². The lowest BCUT2D eigenvalue weighted by Gasteiger charge is -2.26. The van der Waals surface area contributed by atoms with Gasteiger partial charge in [-0.15, -0.1) is 0 Å². The topological polar surface area (TPSA) is 21.3 Å². The first-order valence-corrected chi connectivity index (χ1v) is 6.74. The number of hydrogen-bond donors (Lipinski definition) is 1. The highest BCUT2D eigenvalue weighted by Gasteiger charge is 2.19. The van der Waals surface area contributed by atoms with Crippen LogP contribution in [0.5, 0.6) is 0 Å². The fourth-order valence-corrected chi connectivity index (χ4v) is 1.94. The molecule has 1 aromatic rings. The van der Waals surface area contributed by atoms with E-state index in [1.54, 1.807) is 0 Å². The van der Waals surface area contributed by atoms with Gasteiger partial charge in [0.2, 0.25) is 0 Å². The van der Waals surface area contributed by atoms with Crippen molar-refractivity contribution in [3.05, 3.63) is 35.4 Å². The fraction of sp³-hybridized carbons (Fsp3) is 0.600. The molecule has 0 saturated carbocycles. The SMILES string of the molecule is CCOCC(NC(C)c1ccc(F)cc1F)C(C)C. The average molecular weight is 271 g/mol. The summed E-state index contributed by atoms with van der Waals surface area (Å²) in [6.07, 6.45) is 0. The van der Waals surface area contributed by atoms with E-state index in [1.165, 1.54) is 12.1 Å². The van der Waals surface area contributed by atoms with Crippen molar-refractivity contribution in [1.82, 2.24) is 5.32 Å². The summed E-state index contributed by atoms with van der Waals surface area (Å²) >= 11 is 0. The van der Waals surface area contributed by atoms with Crippen molar-refractivity contribution in [2.45, 2.75) is 39.8 Å². The molecule has 1 N–H and O–H groups in total. The molecule has 1 aromatic carbocycles. The number of rotatable bonds is 7. The molecule has 0 radical (unpaired) electrons. The fourth-order valence-electron chi connectivity index (χ4n) is 1.94. The molecule has 108 valence electrons. The maximum Gasteiger partial charge on any atom is 0.130 e. The maximum absolute atomic E-state index is 13.7. The molecule has 0 amide bonds. The van der Waals surface area contributed by atoms with Gasteiger partial charge >= 0.3 is 0 Å². The highest BCUT2D eigenvalue weighted by Crippen LogP contribution is 2.19. The zero-order chi connectivity index (χ0) is 14.4. The van der Waals surface area contributed by atoms with Gasteiger partial charge in [-0.2, -0.15) is 0 Å². The van der Waals surface area contributed by atoms with E-state index in [4.69, 9.17) is 4.74 Å². The van der Waals surface area contributed by atoms with Gasteiger partial charge in [-0.1, -0.05) is 19.9 Å². The van der Waals surface area contributed by atoms with Crippen molar-refractivity contribution < 1.29 is 13.5 Å². The Bertz CT molecular complexity index is 396. The molecule has 4 heteroatoms. The van der Waals surface area contributed by atoms with Crippen LogP contribution in [0.2, 0.25) is 0 Å². The molecule has 0 aromatic heterocycles. The van der Waals surface area contributed by atoms with Gasteiger partial charge in [-0.05, 0) is 25.8 Å². The van der Waals surface area contributed by atoms with Crippen molar-refractivity contribution in [3.8, 4) is 0 Å². The first-order chi connectivity index (χ1) is 8.95. The normalized spacial score (nSPS) is 14.7. The molecule has 0 bridgehead atoms. The Morgan fingerprint density at radius 1 is 1.21 bits per heavy atom. The summed E-state index contributed by atoms with van der Waals surface area (Å²) < 4.78 is 32.0. The molecule has 2 nitrogen and oxygen atoms in total. The van der Waals surface area contributed by atoms with Crippen LogP contribution in [0.1, 0.15) is 39.3 Å². The van der Waals surface area contributed by atoms with E-state index in [9.17, 15) is 8.78 Å². The third-order valence-corrected chi connectivity index (χ3v) is 3.20. The van der Waals surface area contributed by atoms with E-state index >= 15 is 0 Å². The monoisotopic (exact) mass is 271 g/mol. The van der Waals surface area contributed by atoms with Gasteiger partial charge in [0.1, 0.15) is 11.6 Å². The summed E-state index contributed by atoms with van der Waals surface area (Å²) in [7, 11) is 0. The molecular formula is C15H23F2NO. The second-order valence-corrected chi connectivity index (χ2v) is 5.06. The highest BCUT2D eigenvalue weighted by molar-refractivity contribution is 5.21. The third kappa shape index (κ3) is 4.88. The Morgan fingerprint density at radius 2 is 1.89 bits per heavy atom. The summed E-state index contributed by atoms with van der Waals surface area (Å²) in [5.74, 6) is -0.695. The van der Waals surface area contributed by atoms with E-state index in [-0.39, 0.29) is 12.1 Å². The van der Waals surface area contributed by atoms with Crippen molar-refractivity contribution in [2.75, 3.05) is 13.2 Å². The van der Waals surface area contributed by atoms with Crippen LogP contribution >= 0.6 is 0 Å². The Hall–Kier alpha value is -1.00. The zero-order valence-electron chi connectivity index (χ0n) is 12.0. The maximum atomic E-state index is 13.7. The highest BCUT2D eigenvalue weighted by atomic mass is 19.1. The summed E-state index contributed by atoms with van der Waals surface area (Å²) in [6.45, 7) is 9.23. The van der Waals surface area contributed by atoms with Gasteiger partial charge < -0.3 is 10.1 Å². The Balaban J connectivity index is 2.72. The lowest BCUT2D eigenvalue weighted by atomic mass is 10.0. The van der Waals surface area contributed by atoms with E-state index in [2.05, 4.69) is 19.2 Å². The van der Waals surface area contributed by atoms with E-state index < -0.39 is 11.6 Å². The van der Waals surface area contributed by atoms with Gasteiger partial charge in [0.15, 0.2) is 0 Å². The first-order valence-electron chi connectivity index (χ1n) is 6.74. The number of nitrogens with one attached hydrogen (secondary N) is 1. The average Bonchev–Trinajstić information content (AvgIpc) is 2.33. The Labute approximate surface area is 114 Å². The first kappa shape index (κ1) is 16.1. The van der Waals surface area contributed by atoms with Crippen LogP contribution in [-0.2, 0) is 4.74 Å². The van der Waals surface area contributed by atoms with Gasteiger partial charge in [0.05, 0.1) is 6.61 Å². The standard InChI is InChI=1S/C15H23F2NO/c1-5-19-9-15(10(2)3)18-11(4)13-7-6-12(16)8-14(13)17/h6-8,10-11,15,18H,5,9H2,1-4H3. The molecule has 19 heavy (non-hydrogen) atoms. The molecule has 0 saturated heterocycles. The van der Waals surface area contributed by atoms with Gasteiger partial charge in [-0.25, -0.2) is 8.78 Å².